The molecule has 1 unspecified atom stereocenters. The van der Waals surface area contributed by atoms with Crippen molar-refractivity contribution < 1.29 is 48.7 Å². The molecular formula is C23H33N5O12S2. The van der Waals surface area contributed by atoms with Gasteiger partial charge in [0, 0.05) is 50.9 Å². The van der Waals surface area contributed by atoms with Crippen LogP contribution in [-0.2, 0) is 33.3 Å². The number of hydrogen-bond donors (Lipinski definition) is 7. The number of H-pyrrole nitrogens is 1. The number of nitrogens with two attached hydrogens (primary N) is 1. The molecule has 3 heterocycles. The molecule has 42 heavy (non-hydrogen) atoms. The van der Waals surface area contributed by atoms with Gasteiger partial charge in [-0.1, -0.05) is 21.6 Å². The molecule has 2 aliphatic heterocycles. The van der Waals surface area contributed by atoms with Gasteiger partial charge in [0.1, 0.15) is 30.5 Å². The fourth-order valence-electron chi connectivity index (χ4n) is 4.07. The van der Waals surface area contributed by atoms with E-state index in [9.17, 15) is 39.3 Å². The van der Waals surface area contributed by atoms with Crippen LogP contribution in [0, 0.1) is 0 Å². The first-order chi connectivity index (χ1) is 19.9. The van der Waals surface area contributed by atoms with E-state index in [1.165, 1.54) is 35.6 Å². The average molecular weight is 636 g/mol. The Bertz CT molecular complexity index is 1260. The van der Waals surface area contributed by atoms with Crippen LogP contribution >= 0.6 is 21.6 Å². The number of aromatic amines is 1. The number of aromatic nitrogens is 2. The van der Waals surface area contributed by atoms with Crippen LogP contribution in [0.2, 0.25) is 0 Å². The summed E-state index contributed by atoms with van der Waals surface area (Å²) in [6.45, 7) is 2.16. The molecule has 1 aromatic heterocycles. The van der Waals surface area contributed by atoms with Crippen LogP contribution in [-0.4, -0.2) is 117 Å². The van der Waals surface area contributed by atoms with Gasteiger partial charge in [-0.05, 0) is 6.08 Å². The van der Waals surface area contributed by atoms with Crippen LogP contribution in [0.15, 0.2) is 33.7 Å². The average Bonchev–Trinajstić information content (AvgIpc) is 3.25. The Morgan fingerprint density at radius 3 is 2.40 bits per heavy atom. The van der Waals surface area contributed by atoms with Crippen molar-refractivity contribution in [1.82, 2.24) is 20.2 Å². The molecule has 1 aromatic rings. The first-order valence-electron chi connectivity index (χ1n) is 12.6. The van der Waals surface area contributed by atoms with Crippen molar-refractivity contribution in [2.75, 3.05) is 31.7 Å². The molecule has 3 rings (SSSR count). The molecule has 0 saturated carbocycles. The van der Waals surface area contributed by atoms with Crippen molar-refractivity contribution >= 4 is 39.3 Å². The number of rotatable bonds is 14. The third-order valence-electron chi connectivity index (χ3n) is 6.04. The Morgan fingerprint density at radius 2 is 1.81 bits per heavy atom. The minimum Gasteiger partial charge on any atom is -0.456 e. The van der Waals surface area contributed by atoms with Crippen LogP contribution in [0.3, 0.4) is 0 Å². The summed E-state index contributed by atoms with van der Waals surface area (Å²) >= 11 is 0. The van der Waals surface area contributed by atoms with Gasteiger partial charge in [0.15, 0.2) is 18.1 Å². The maximum atomic E-state index is 12.6. The zero-order chi connectivity index (χ0) is 31.0. The molecule has 0 bridgehead atoms. The Morgan fingerprint density at radius 1 is 1.14 bits per heavy atom. The van der Waals surface area contributed by atoms with Crippen LogP contribution in [0.5, 0.6) is 0 Å². The molecule has 2 aliphatic rings. The summed E-state index contributed by atoms with van der Waals surface area (Å²) in [6, 6.07) is 1.02. The highest BCUT2D eigenvalue weighted by Crippen LogP contribution is 2.34. The summed E-state index contributed by atoms with van der Waals surface area (Å²) < 4.78 is 22.9. The van der Waals surface area contributed by atoms with Gasteiger partial charge >= 0.3 is 5.69 Å². The smallest absolute Gasteiger partial charge is 0.330 e. The van der Waals surface area contributed by atoms with Gasteiger partial charge in [0.05, 0.1) is 0 Å². The zero-order valence-corrected chi connectivity index (χ0v) is 24.2. The van der Waals surface area contributed by atoms with Gasteiger partial charge in [-0.25, -0.2) is 4.79 Å². The van der Waals surface area contributed by atoms with E-state index in [0.717, 1.165) is 22.9 Å². The van der Waals surface area contributed by atoms with Gasteiger partial charge in [-0.2, -0.15) is 0 Å². The van der Waals surface area contributed by atoms with E-state index in [1.54, 1.807) is 0 Å². The van der Waals surface area contributed by atoms with Crippen LogP contribution in [0.25, 0.3) is 0 Å². The van der Waals surface area contributed by atoms with Crippen LogP contribution in [0.1, 0.15) is 13.2 Å². The van der Waals surface area contributed by atoms with Crippen LogP contribution in [0.4, 0.5) is 0 Å². The summed E-state index contributed by atoms with van der Waals surface area (Å²) in [5.41, 5.74) is 3.93. The Hall–Kier alpha value is -2.91. The van der Waals surface area contributed by atoms with E-state index in [1.807, 2.05) is 4.98 Å². The van der Waals surface area contributed by atoms with Crippen molar-refractivity contribution in [3.8, 4) is 0 Å². The molecule has 3 amide bonds. The SMILES string of the molecule is CO[C@@H]1C([C@H](O[C@@H]2OC(C(=O)NCCSSCCNC(C)=O)=C[C@@H](O)[C@@H]2O)C(N)=O)O[C@@H](n2ccc(=O)[nH]c2=O)[C@@H]1O. The lowest BCUT2D eigenvalue weighted by Crippen LogP contribution is -2.54. The van der Waals surface area contributed by atoms with Crippen LogP contribution < -0.4 is 27.6 Å². The summed E-state index contributed by atoms with van der Waals surface area (Å²) in [5, 5.41) is 36.8. The molecule has 1 saturated heterocycles. The molecule has 234 valence electrons. The quantitative estimate of drug-likeness (QED) is 0.0767. The van der Waals surface area contributed by atoms with Crippen molar-refractivity contribution in [3.63, 3.8) is 0 Å². The summed E-state index contributed by atoms with van der Waals surface area (Å²) in [7, 11) is 4.16. The third-order valence-corrected chi connectivity index (χ3v) is 8.45. The van der Waals surface area contributed by atoms with Crippen molar-refractivity contribution in [2.24, 2.45) is 5.73 Å². The number of aliphatic hydroxyl groups excluding tert-OH is 3. The number of ether oxygens (including phenoxy) is 4. The Balaban J connectivity index is 1.64. The molecule has 0 aliphatic carbocycles. The normalized spacial score (nSPS) is 27.9. The minimum absolute atomic E-state index is 0.121. The molecule has 0 spiro atoms. The van der Waals surface area contributed by atoms with E-state index in [0.29, 0.717) is 18.1 Å². The number of amides is 3. The molecule has 8 atom stereocenters. The van der Waals surface area contributed by atoms with Gasteiger partial charge in [-0.15, -0.1) is 0 Å². The van der Waals surface area contributed by atoms with E-state index in [-0.39, 0.29) is 12.5 Å². The number of nitrogens with one attached hydrogen (secondary N) is 3. The number of nitrogens with zero attached hydrogens (tertiary/aromatic N) is 1. The van der Waals surface area contributed by atoms with E-state index in [2.05, 4.69) is 10.6 Å². The largest absolute Gasteiger partial charge is 0.456 e. The maximum Gasteiger partial charge on any atom is 0.330 e. The molecule has 17 nitrogen and oxygen atoms in total. The Labute approximate surface area is 246 Å². The number of hydrogen-bond acceptors (Lipinski definition) is 14. The molecular weight excluding hydrogens is 602 g/mol. The molecule has 0 aromatic carbocycles. The zero-order valence-electron chi connectivity index (χ0n) is 22.5. The second kappa shape index (κ2) is 15.5. The second-order valence-corrected chi connectivity index (χ2v) is 11.7. The monoisotopic (exact) mass is 635 g/mol. The third kappa shape index (κ3) is 8.57. The lowest BCUT2D eigenvalue weighted by atomic mass is 10.0. The highest BCUT2D eigenvalue weighted by atomic mass is 33.1. The molecule has 19 heteroatoms. The van der Waals surface area contributed by atoms with E-state index in [4.69, 9.17) is 24.7 Å². The van der Waals surface area contributed by atoms with Gasteiger partial charge in [0.25, 0.3) is 11.5 Å². The fraction of sp³-hybridized carbons (Fsp3) is 0.609. The summed E-state index contributed by atoms with van der Waals surface area (Å²) in [5.74, 6) is -1.19. The summed E-state index contributed by atoms with van der Waals surface area (Å²) in [4.78, 5) is 61.6. The Kier molecular flexibility index (Phi) is 12.4. The number of methoxy groups -OCH3 is 1. The first kappa shape index (κ1) is 33.6. The summed E-state index contributed by atoms with van der Waals surface area (Å²) in [6.07, 6.45) is -10.6. The highest BCUT2D eigenvalue weighted by Gasteiger charge is 2.52. The lowest BCUT2D eigenvalue weighted by molar-refractivity contribution is -0.241. The van der Waals surface area contributed by atoms with Crippen molar-refractivity contribution in [1.29, 1.82) is 0 Å². The fourth-order valence-corrected chi connectivity index (χ4v) is 5.88. The number of carbonyl (C=O) groups excluding carboxylic acids is 3. The minimum atomic E-state index is -1.78. The molecule has 0 radical (unpaired) electrons. The predicted molar refractivity (Wildman–Crippen MR) is 148 cm³/mol. The van der Waals surface area contributed by atoms with Gasteiger partial charge in [-0.3, -0.25) is 28.7 Å². The van der Waals surface area contributed by atoms with Gasteiger partial charge in [0.2, 0.25) is 18.1 Å². The number of carbonyl (C=O) groups is 3. The molecule has 8 N–H and O–H groups in total. The lowest BCUT2D eigenvalue weighted by Gasteiger charge is -2.35. The second-order valence-electron chi connectivity index (χ2n) is 9.04. The van der Waals surface area contributed by atoms with Crippen molar-refractivity contribution in [3.05, 3.63) is 44.9 Å². The molecule has 1 fully saturated rings. The topological polar surface area (TPSA) is 254 Å². The number of aliphatic hydroxyl groups is 3. The predicted octanol–water partition coefficient (Wildman–Crippen LogP) is -3.72. The standard InChI is InChI=1S/C23H33N5O12S2/c1-10(29)25-4-7-41-42-8-5-26-20(35)12-9-11(30)14(32)22(38-12)40-18(19(24)34)17-16(37-2)15(33)21(39-17)28-6-3-13(31)27-23(28)36/h3,6,9,11,14-18,21-22,30,32-33H,4-5,7-8H2,1-2H3,(H2,24,34)(H,25,29)(H,26,35)(H,27,31,36)/t11-,14+,15-,16+,17?,18+,21-,22+/m1/s1. The van der Waals surface area contributed by atoms with Gasteiger partial charge < -0.3 is 50.6 Å². The number of primary amides is 1. The maximum absolute atomic E-state index is 12.6. The van der Waals surface area contributed by atoms with E-state index >= 15 is 0 Å². The highest BCUT2D eigenvalue weighted by molar-refractivity contribution is 8.76. The first-order valence-corrected chi connectivity index (χ1v) is 15.1. The van der Waals surface area contributed by atoms with E-state index < -0.39 is 78.0 Å². The van der Waals surface area contributed by atoms with Crippen molar-refractivity contribution in [2.45, 2.75) is 56.1 Å².